The zero-order chi connectivity index (χ0) is 19.7. The molecule has 6 heteroatoms. The molecule has 0 aliphatic heterocycles. The number of carbonyl (C=O) groups is 1. The highest BCUT2D eigenvalue weighted by molar-refractivity contribution is 6.11. The van der Waals surface area contributed by atoms with Crippen LogP contribution in [0.4, 0.5) is 5.69 Å². The first-order chi connectivity index (χ1) is 13.5. The molecule has 0 bridgehead atoms. The molecule has 1 aromatic heterocycles. The van der Waals surface area contributed by atoms with Gasteiger partial charge in [-0.2, -0.15) is 0 Å². The summed E-state index contributed by atoms with van der Waals surface area (Å²) in [5, 5.41) is 13.2. The van der Waals surface area contributed by atoms with Crippen molar-refractivity contribution >= 4 is 39.3 Å². The number of hydrogen-bond acceptors (Lipinski definition) is 5. The number of benzene rings is 3. The fourth-order valence-corrected chi connectivity index (χ4v) is 3.01. The lowest BCUT2D eigenvalue weighted by molar-refractivity contribution is -0.384. The van der Waals surface area contributed by atoms with Gasteiger partial charge in [-0.05, 0) is 46.7 Å². The van der Waals surface area contributed by atoms with Gasteiger partial charge in [0, 0.05) is 17.5 Å². The van der Waals surface area contributed by atoms with Crippen molar-refractivity contribution in [2.45, 2.75) is 0 Å². The number of carbonyl (C=O) groups excluding carboxylic acids is 1. The van der Waals surface area contributed by atoms with Gasteiger partial charge in [-0.1, -0.05) is 36.4 Å². The number of ketones is 1. The molecule has 0 saturated carbocycles. The zero-order valence-electron chi connectivity index (χ0n) is 14.5. The lowest BCUT2D eigenvalue weighted by atomic mass is 10.0. The van der Waals surface area contributed by atoms with E-state index in [1.165, 1.54) is 36.4 Å². The average molecular weight is 371 g/mol. The van der Waals surface area contributed by atoms with Gasteiger partial charge in [0.25, 0.3) is 5.69 Å². The Morgan fingerprint density at radius 2 is 1.71 bits per heavy atom. The molecule has 6 nitrogen and oxygen atoms in total. The molecule has 0 fully saturated rings. The molecule has 0 aliphatic rings. The maximum Gasteiger partial charge on any atom is 0.347 e. The first-order valence-electron chi connectivity index (χ1n) is 8.45. The van der Waals surface area contributed by atoms with E-state index in [1.54, 1.807) is 12.1 Å². The predicted octanol–water partition coefficient (Wildman–Crippen LogP) is 4.75. The fourth-order valence-electron chi connectivity index (χ4n) is 3.01. The molecular formula is C22H13NO5. The van der Waals surface area contributed by atoms with E-state index in [9.17, 15) is 19.7 Å². The molecular weight excluding hydrogens is 358 g/mol. The van der Waals surface area contributed by atoms with Crippen LogP contribution in [0.25, 0.3) is 27.8 Å². The summed E-state index contributed by atoms with van der Waals surface area (Å²) in [6.07, 6.45) is 2.75. The third-order valence-electron chi connectivity index (χ3n) is 4.44. The van der Waals surface area contributed by atoms with Crippen molar-refractivity contribution in [3.8, 4) is 0 Å². The number of nitrogens with zero attached hydrogens (tertiary/aromatic N) is 1. The van der Waals surface area contributed by atoms with Gasteiger partial charge in [-0.15, -0.1) is 0 Å². The SMILES string of the molecule is O=C(C=Cc1ccc([N+](=O)[O-])cc1)c1cc2c(ccc3ccccc32)oc1=O. The average Bonchev–Trinajstić information content (AvgIpc) is 2.71. The van der Waals surface area contributed by atoms with Crippen molar-refractivity contribution in [2.75, 3.05) is 0 Å². The van der Waals surface area contributed by atoms with Gasteiger partial charge in [0.05, 0.1) is 4.92 Å². The van der Waals surface area contributed by atoms with Crippen LogP contribution in [-0.2, 0) is 0 Å². The predicted molar refractivity (Wildman–Crippen MR) is 106 cm³/mol. The van der Waals surface area contributed by atoms with Crippen LogP contribution >= 0.6 is 0 Å². The van der Waals surface area contributed by atoms with Crippen LogP contribution in [0.2, 0.25) is 0 Å². The zero-order valence-corrected chi connectivity index (χ0v) is 14.5. The summed E-state index contributed by atoms with van der Waals surface area (Å²) in [5.74, 6) is -0.498. The number of non-ortho nitro benzene ring substituents is 1. The number of nitro groups is 1. The second-order valence-electron chi connectivity index (χ2n) is 6.19. The van der Waals surface area contributed by atoms with Crippen LogP contribution in [0, 0.1) is 10.1 Å². The summed E-state index contributed by atoms with van der Waals surface area (Å²) in [6.45, 7) is 0. The summed E-state index contributed by atoms with van der Waals surface area (Å²) < 4.78 is 5.33. The molecule has 3 aromatic carbocycles. The number of allylic oxidation sites excluding steroid dienone is 1. The largest absolute Gasteiger partial charge is 0.422 e. The molecule has 0 saturated heterocycles. The number of fused-ring (bicyclic) bond motifs is 3. The topological polar surface area (TPSA) is 90.4 Å². The maximum absolute atomic E-state index is 12.5. The van der Waals surface area contributed by atoms with Crippen molar-refractivity contribution in [3.63, 3.8) is 0 Å². The Labute approximate surface area is 158 Å². The third kappa shape index (κ3) is 3.19. The Balaban J connectivity index is 1.72. The van der Waals surface area contributed by atoms with Crippen LogP contribution < -0.4 is 5.63 Å². The van der Waals surface area contributed by atoms with Gasteiger partial charge >= 0.3 is 5.63 Å². The summed E-state index contributed by atoms with van der Waals surface area (Å²) in [4.78, 5) is 35.0. The number of nitro benzene ring substituents is 1. The Kier molecular flexibility index (Phi) is 4.29. The van der Waals surface area contributed by atoms with Gasteiger partial charge in [-0.3, -0.25) is 14.9 Å². The summed E-state index contributed by atoms with van der Waals surface area (Å²) in [6, 6.07) is 18.5. The molecule has 0 aliphatic carbocycles. The summed E-state index contributed by atoms with van der Waals surface area (Å²) in [7, 11) is 0. The van der Waals surface area contributed by atoms with Gasteiger partial charge in [0.15, 0.2) is 5.78 Å². The lowest BCUT2D eigenvalue weighted by Crippen LogP contribution is -2.12. The Morgan fingerprint density at radius 3 is 2.46 bits per heavy atom. The second-order valence-corrected chi connectivity index (χ2v) is 6.19. The van der Waals surface area contributed by atoms with Crippen LogP contribution in [0.15, 0.2) is 82.0 Å². The van der Waals surface area contributed by atoms with E-state index in [4.69, 9.17) is 4.42 Å². The number of rotatable bonds is 4. The van der Waals surface area contributed by atoms with Crippen LogP contribution in [-0.4, -0.2) is 10.7 Å². The fraction of sp³-hybridized carbons (Fsp3) is 0. The molecule has 0 N–H and O–H groups in total. The van der Waals surface area contributed by atoms with Gasteiger partial charge in [0.2, 0.25) is 0 Å². The minimum Gasteiger partial charge on any atom is -0.422 e. The van der Waals surface area contributed by atoms with Crippen molar-refractivity contribution in [1.29, 1.82) is 0 Å². The Morgan fingerprint density at radius 1 is 0.964 bits per heavy atom. The van der Waals surface area contributed by atoms with E-state index in [-0.39, 0.29) is 11.3 Å². The molecule has 0 atom stereocenters. The standard InChI is InChI=1S/C22H13NO5/c24-20(11-7-14-5-9-16(10-6-14)23(26)27)19-13-18-17-4-2-1-3-15(17)8-12-21(18)28-22(19)25/h1-13H. The van der Waals surface area contributed by atoms with E-state index < -0.39 is 16.3 Å². The van der Waals surface area contributed by atoms with Gasteiger partial charge in [0.1, 0.15) is 11.1 Å². The molecule has 1 heterocycles. The molecule has 0 radical (unpaired) electrons. The van der Waals surface area contributed by atoms with Crippen LogP contribution in [0.1, 0.15) is 15.9 Å². The van der Waals surface area contributed by atoms with Gasteiger partial charge in [-0.25, -0.2) is 4.79 Å². The Bertz CT molecular complexity index is 1320. The molecule has 28 heavy (non-hydrogen) atoms. The molecule has 136 valence electrons. The highest BCUT2D eigenvalue weighted by Crippen LogP contribution is 2.25. The maximum atomic E-state index is 12.5. The first kappa shape index (κ1) is 17.4. The molecule has 4 aromatic rings. The minimum atomic E-state index is -0.707. The smallest absolute Gasteiger partial charge is 0.347 e. The summed E-state index contributed by atoms with van der Waals surface area (Å²) >= 11 is 0. The van der Waals surface area contributed by atoms with E-state index in [0.29, 0.717) is 16.5 Å². The highest BCUT2D eigenvalue weighted by atomic mass is 16.6. The third-order valence-corrected chi connectivity index (χ3v) is 4.44. The quantitative estimate of drug-likeness (QED) is 0.129. The normalized spacial score (nSPS) is 11.3. The van der Waals surface area contributed by atoms with E-state index in [2.05, 4.69) is 0 Å². The van der Waals surface area contributed by atoms with E-state index in [1.807, 2.05) is 30.3 Å². The van der Waals surface area contributed by atoms with E-state index >= 15 is 0 Å². The molecule has 0 unspecified atom stereocenters. The highest BCUT2D eigenvalue weighted by Gasteiger charge is 2.13. The Hall–Kier alpha value is -4.06. The molecule has 4 rings (SSSR count). The van der Waals surface area contributed by atoms with Crippen molar-refractivity contribution in [3.05, 3.63) is 104 Å². The second kappa shape index (κ2) is 6.92. The summed E-state index contributed by atoms with van der Waals surface area (Å²) in [5.41, 5.74) is 0.211. The monoisotopic (exact) mass is 371 g/mol. The molecule has 0 amide bonds. The number of hydrogen-bond donors (Lipinski definition) is 0. The van der Waals surface area contributed by atoms with Crippen molar-refractivity contribution in [2.24, 2.45) is 0 Å². The van der Waals surface area contributed by atoms with Crippen molar-refractivity contribution in [1.82, 2.24) is 0 Å². The van der Waals surface area contributed by atoms with Crippen molar-refractivity contribution < 1.29 is 14.1 Å². The van der Waals surface area contributed by atoms with Crippen LogP contribution in [0.3, 0.4) is 0 Å². The lowest BCUT2D eigenvalue weighted by Gasteiger charge is -2.04. The minimum absolute atomic E-state index is 0.0365. The first-order valence-corrected chi connectivity index (χ1v) is 8.45. The van der Waals surface area contributed by atoms with Gasteiger partial charge < -0.3 is 4.42 Å². The van der Waals surface area contributed by atoms with Crippen LogP contribution in [0.5, 0.6) is 0 Å². The van der Waals surface area contributed by atoms with E-state index in [0.717, 1.165) is 10.8 Å². The molecule has 0 spiro atoms.